The van der Waals surface area contributed by atoms with Crippen LogP contribution in [0.3, 0.4) is 0 Å². The van der Waals surface area contributed by atoms with Crippen LogP contribution in [0.15, 0.2) is 22.7 Å². The van der Waals surface area contributed by atoms with Crippen LogP contribution >= 0.6 is 50.0 Å². The first-order chi connectivity index (χ1) is 11.1. The molecule has 1 aromatic carbocycles. The van der Waals surface area contributed by atoms with E-state index >= 15 is 0 Å². The lowest BCUT2D eigenvalue weighted by Crippen LogP contribution is -2.32. The fourth-order valence-electron chi connectivity index (χ4n) is 1.39. The molecule has 0 N–H and O–H groups in total. The van der Waals surface area contributed by atoms with Crippen molar-refractivity contribution < 1.29 is 31.5 Å². The molecule has 11 heteroatoms. The van der Waals surface area contributed by atoms with E-state index in [1.807, 2.05) is 6.92 Å². The van der Waals surface area contributed by atoms with E-state index in [9.17, 15) is 17.7 Å². The van der Waals surface area contributed by atoms with E-state index in [4.69, 9.17) is 9.05 Å². The minimum atomic E-state index is -4.03. The average Bonchev–Trinajstić information content (AvgIpc) is 2.48. The van der Waals surface area contributed by atoms with Crippen molar-refractivity contribution in [3.63, 3.8) is 0 Å². The molecule has 0 aliphatic rings. The quantitative estimate of drug-likeness (QED) is 0.254. The van der Waals surface area contributed by atoms with Crippen molar-refractivity contribution in [3.05, 3.63) is 22.7 Å². The fourth-order valence-corrected chi connectivity index (χ4v) is 5.51. The number of rotatable bonds is 10. The summed E-state index contributed by atoms with van der Waals surface area (Å²) in [5.74, 6) is 0.432. The highest BCUT2D eigenvalue weighted by Gasteiger charge is 2.41. The van der Waals surface area contributed by atoms with E-state index in [0.717, 1.165) is 23.9 Å². The average molecular weight is 516 g/mol. The van der Waals surface area contributed by atoms with E-state index in [1.54, 1.807) is 6.92 Å². The summed E-state index contributed by atoms with van der Waals surface area (Å²) >= 11 is 6.31. The Morgan fingerprint density at radius 1 is 1.38 bits per heavy atom. The molecule has 0 saturated carbocycles. The van der Waals surface area contributed by atoms with Crippen LogP contribution in [0, 0.1) is 0 Å². The lowest BCUT2D eigenvalue weighted by Gasteiger charge is -2.20. The second-order valence-electron chi connectivity index (χ2n) is 4.35. The molecule has 138 valence electrons. The third kappa shape index (κ3) is 6.78. The highest BCUT2D eigenvalue weighted by Crippen LogP contribution is 2.61. The van der Waals surface area contributed by atoms with Crippen LogP contribution in [-0.2, 0) is 9.09 Å². The molecule has 4 nitrogen and oxygen atoms in total. The maximum Gasteiger partial charge on any atom is 0.440 e. The van der Waals surface area contributed by atoms with E-state index in [2.05, 4.69) is 36.6 Å². The first kappa shape index (κ1) is 22.2. The Balaban J connectivity index is 2.92. The standard InChI is InChI=1S/C13H16Br2F3O4PS/c1-3-7-24-23(19,20-4-2)22-11-6-5-9(8-10(11)14)21-13(17,18)12(15)16/h5-6,8,12H,3-4,7H2,1-2H3. The Morgan fingerprint density at radius 2 is 2.04 bits per heavy atom. The van der Waals surface area contributed by atoms with Crippen molar-refractivity contribution in [2.75, 3.05) is 12.4 Å². The summed E-state index contributed by atoms with van der Waals surface area (Å²) in [6.45, 7) is 0.379. The predicted octanol–water partition coefficient (Wildman–Crippen LogP) is 6.78. The summed E-state index contributed by atoms with van der Waals surface area (Å²) in [5, 5.41) is -2.65. The summed E-state index contributed by atoms with van der Waals surface area (Å²) in [7, 11) is 0. The number of hydrogen-bond donors (Lipinski definition) is 0. The Labute approximate surface area is 159 Å². The molecule has 0 amide bonds. The molecule has 0 fully saturated rings. The van der Waals surface area contributed by atoms with Gasteiger partial charge in [0.1, 0.15) is 11.5 Å². The minimum Gasteiger partial charge on any atom is -0.430 e. The zero-order valence-electron chi connectivity index (χ0n) is 12.8. The Hall–Kier alpha value is 0.110. The van der Waals surface area contributed by atoms with Gasteiger partial charge in [-0.2, -0.15) is 8.78 Å². The Bertz CT molecular complexity index is 592. The van der Waals surface area contributed by atoms with Crippen molar-refractivity contribution in [1.29, 1.82) is 0 Å². The molecule has 2 unspecified atom stereocenters. The van der Waals surface area contributed by atoms with Gasteiger partial charge < -0.3 is 9.26 Å². The zero-order chi connectivity index (χ0) is 18.4. The predicted molar refractivity (Wildman–Crippen MR) is 96.1 cm³/mol. The summed E-state index contributed by atoms with van der Waals surface area (Å²) < 4.78 is 66.9. The Kier molecular flexibility index (Phi) is 8.96. The third-order valence-corrected chi connectivity index (χ3v) is 7.45. The molecule has 0 radical (unpaired) electrons. The number of ether oxygens (including phenoxy) is 1. The van der Waals surface area contributed by atoms with Crippen LogP contribution in [0.5, 0.6) is 11.5 Å². The van der Waals surface area contributed by atoms with Crippen molar-refractivity contribution in [3.8, 4) is 11.5 Å². The van der Waals surface area contributed by atoms with Crippen LogP contribution < -0.4 is 9.26 Å². The van der Waals surface area contributed by atoms with Crippen molar-refractivity contribution >= 4 is 50.0 Å². The molecule has 0 heterocycles. The highest BCUT2D eigenvalue weighted by molar-refractivity contribution is 9.10. The Morgan fingerprint density at radius 3 is 2.54 bits per heavy atom. The number of hydrogen-bond acceptors (Lipinski definition) is 5. The molecule has 1 aromatic rings. The van der Waals surface area contributed by atoms with Crippen molar-refractivity contribution in [2.45, 2.75) is 31.5 Å². The fraction of sp³-hybridized carbons (Fsp3) is 0.538. The van der Waals surface area contributed by atoms with E-state index < -0.39 is 18.0 Å². The molecule has 1 rings (SSSR count). The molecule has 2 atom stereocenters. The number of halogens is 5. The second-order valence-corrected chi connectivity index (χ2v) is 10.1. The normalized spacial score (nSPS) is 15.6. The second kappa shape index (κ2) is 9.71. The highest BCUT2D eigenvalue weighted by atomic mass is 79.9. The number of benzene rings is 1. The minimum absolute atomic E-state index is 0.140. The smallest absolute Gasteiger partial charge is 0.430 e. The van der Waals surface area contributed by atoms with E-state index in [0.29, 0.717) is 5.75 Å². The number of alkyl halides is 4. The first-order valence-electron chi connectivity index (χ1n) is 6.86. The molecule has 0 aliphatic carbocycles. The van der Waals surface area contributed by atoms with Gasteiger partial charge in [-0.1, -0.05) is 6.92 Å². The summed E-state index contributed by atoms with van der Waals surface area (Å²) in [4.78, 5) is 0. The van der Waals surface area contributed by atoms with Crippen LogP contribution in [0.2, 0.25) is 0 Å². The van der Waals surface area contributed by atoms with Gasteiger partial charge in [-0.05, 0) is 74.8 Å². The van der Waals surface area contributed by atoms with Gasteiger partial charge in [-0.25, -0.2) is 8.96 Å². The molecule has 0 saturated heterocycles. The summed E-state index contributed by atoms with van der Waals surface area (Å²) in [6.07, 6.45) is -3.25. The SMILES string of the molecule is CCCSP(=O)(OCC)Oc1ccc(OC(F)(F)C(F)Br)cc1Br. The van der Waals surface area contributed by atoms with Crippen LogP contribution in [0.1, 0.15) is 20.3 Å². The van der Waals surface area contributed by atoms with Gasteiger partial charge in [0.05, 0.1) is 11.1 Å². The van der Waals surface area contributed by atoms with E-state index in [-0.39, 0.29) is 22.6 Å². The molecule has 0 aromatic heterocycles. The van der Waals surface area contributed by atoms with Gasteiger partial charge >= 0.3 is 12.9 Å². The molecule has 0 bridgehead atoms. The largest absolute Gasteiger partial charge is 0.440 e. The van der Waals surface area contributed by atoms with Crippen molar-refractivity contribution in [2.24, 2.45) is 0 Å². The monoisotopic (exact) mass is 514 g/mol. The summed E-state index contributed by atoms with van der Waals surface area (Å²) in [5.41, 5.74) is 0. The van der Waals surface area contributed by atoms with Crippen LogP contribution in [0.25, 0.3) is 0 Å². The maximum atomic E-state index is 13.2. The molecule has 24 heavy (non-hydrogen) atoms. The third-order valence-electron chi connectivity index (χ3n) is 2.36. The summed E-state index contributed by atoms with van der Waals surface area (Å²) in [6, 6.07) is 3.61. The molecular weight excluding hydrogens is 500 g/mol. The molecule has 0 spiro atoms. The maximum absolute atomic E-state index is 13.2. The first-order valence-corrected chi connectivity index (χ1v) is 11.7. The van der Waals surface area contributed by atoms with Crippen LogP contribution in [0.4, 0.5) is 13.2 Å². The van der Waals surface area contributed by atoms with Gasteiger partial charge in [0.25, 0.3) is 5.08 Å². The zero-order valence-corrected chi connectivity index (χ0v) is 17.7. The lowest BCUT2D eigenvalue weighted by molar-refractivity contribution is -0.195. The van der Waals surface area contributed by atoms with E-state index in [1.165, 1.54) is 12.1 Å². The molecule has 0 aliphatic heterocycles. The van der Waals surface area contributed by atoms with Gasteiger partial charge in [-0.3, -0.25) is 4.52 Å². The van der Waals surface area contributed by atoms with Gasteiger partial charge in [0, 0.05) is 5.75 Å². The topological polar surface area (TPSA) is 44.8 Å². The molecular formula is C13H16Br2F3O4PS. The van der Waals surface area contributed by atoms with Gasteiger partial charge in [0.2, 0.25) is 0 Å². The van der Waals surface area contributed by atoms with Gasteiger partial charge in [0.15, 0.2) is 0 Å². The lowest BCUT2D eigenvalue weighted by atomic mass is 10.3. The van der Waals surface area contributed by atoms with Crippen molar-refractivity contribution in [1.82, 2.24) is 0 Å². The van der Waals surface area contributed by atoms with Gasteiger partial charge in [-0.15, -0.1) is 0 Å². The van der Waals surface area contributed by atoms with Crippen LogP contribution in [-0.4, -0.2) is 23.5 Å².